The van der Waals surface area contributed by atoms with Gasteiger partial charge in [-0.1, -0.05) is 19.1 Å². The molecule has 1 aromatic heterocycles. The molecule has 0 radical (unpaired) electrons. The summed E-state index contributed by atoms with van der Waals surface area (Å²) in [5, 5.41) is 0. The lowest BCUT2D eigenvalue weighted by molar-refractivity contribution is -0.137. The van der Waals surface area contributed by atoms with Crippen molar-refractivity contribution in [1.29, 1.82) is 0 Å². The number of nitrogens with zero attached hydrogens (tertiary/aromatic N) is 3. The lowest BCUT2D eigenvalue weighted by Crippen LogP contribution is -2.44. The van der Waals surface area contributed by atoms with Gasteiger partial charge in [0.15, 0.2) is 0 Å². The highest BCUT2D eigenvalue weighted by molar-refractivity contribution is 5.79. The summed E-state index contributed by atoms with van der Waals surface area (Å²) in [7, 11) is 0. The number of hydrogen-bond donors (Lipinski definition) is 0. The summed E-state index contributed by atoms with van der Waals surface area (Å²) < 4.78 is 21.0. The van der Waals surface area contributed by atoms with E-state index in [9.17, 15) is 9.18 Å². The number of hydrogen-bond acceptors (Lipinski definition) is 3. The van der Waals surface area contributed by atoms with Crippen molar-refractivity contribution in [3.8, 4) is 5.75 Å². The maximum atomic E-state index is 13.0. The van der Waals surface area contributed by atoms with Gasteiger partial charge in [0, 0.05) is 32.5 Å². The highest BCUT2D eigenvalue weighted by Gasteiger charge is 2.27. The minimum Gasteiger partial charge on any atom is -0.490 e. The predicted octanol–water partition coefficient (Wildman–Crippen LogP) is 3.88. The van der Waals surface area contributed by atoms with E-state index in [1.165, 1.54) is 12.1 Å². The van der Waals surface area contributed by atoms with E-state index in [1.807, 2.05) is 40.7 Å². The fourth-order valence-electron chi connectivity index (χ4n) is 3.74. The number of piperidine rings is 1. The highest BCUT2D eigenvalue weighted by atomic mass is 19.1. The van der Waals surface area contributed by atoms with E-state index >= 15 is 0 Å². The lowest BCUT2D eigenvalue weighted by atomic mass is 10.0. The zero-order valence-electron chi connectivity index (χ0n) is 15.9. The molecule has 28 heavy (non-hydrogen) atoms. The van der Waals surface area contributed by atoms with Gasteiger partial charge in [0.1, 0.15) is 17.7 Å². The van der Waals surface area contributed by atoms with Crippen LogP contribution < -0.4 is 4.74 Å². The maximum Gasteiger partial charge on any atom is 0.227 e. The molecule has 146 valence electrons. The van der Waals surface area contributed by atoms with Gasteiger partial charge in [-0.05, 0) is 36.4 Å². The third-order valence-corrected chi connectivity index (χ3v) is 5.29. The quantitative estimate of drug-likeness (QED) is 0.674. The van der Waals surface area contributed by atoms with E-state index in [1.54, 1.807) is 18.5 Å². The molecule has 0 saturated carbocycles. The summed E-state index contributed by atoms with van der Waals surface area (Å²) in [5.41, 5.74) is 1.99. The van der Waals surface area contributed by atoms with Gasteiger partial charge in [-0.15, -0.1) is 0 Å². The van der Waals surface area contributed by atoms with Crippen molar-refractivity contribution in [3.63, 3.8) is 0 Å². The minimum atomic E-state index is -0.271. The first-order valence-electron chi connectivity index (χ1n) is 9.71. The van der Waals surface area contributed by atoms with E-state index in [-0.39, 0.29) is 23.7 Å². The molecule has 2 aromatic carbocycles. The molecule has 4 rings (SSSR count). The first kappa shape index (κ1) is 18.5. The van der Waals surface area contributed by atoms with Gasteiger partial charge in [-0.3, -0.25) is 4.79 Å². The largest absolute Gasteiger partial charge is 0.490 e. The number of carbonyl (C=O) groups excluding carboxylic acids is 1. The van der Waals surface area contributed by atoms with Crippen molar-refractivity contribution >= 4 is 16.9 Å². The van der Waals surface area contributed by atoms with Crippen molar-refractivity contribution in [2.24, 2.45) is 5.92 Å². The van der Waals surface area contributed by atoms with Crippen LogP contribution in [-0.4, -0.2) is 39.6 Å². The molecule has 0 bridgehead atoms. The first-order chi connectivity index (χ1) is 13.6. The predicted molar refractivity (Wildman–Crippen MR) is 106 cm³/mol. The van der Waals surface area contributed by atoms with Crippen LogP contribution in [0.2, 0.25) is 0 Å². The van der Waals surface area contributed by atoms with Gasteiger partial charge in [0.2, 0.25) is 5.91 Å². The van der Waals surface area contributed by atoms with Crippen LogP contribution in [0.1, 0.15) is 19.8 Å². The molecule has 1 unspecified atom stereocenters. The smallest absolute Gasteiger partial charge is 0.227 e. The number of carbonyl (C=O) groups is 1. The van der Waals surface area contributed by atoms with Crippen LogP contribution >= 0.6 is 0 Å². The molecule has 2 heterocycles. The Bertz CT molecular complexity index is 946. The Morgan fingerprint density at radius 2 is 1.89 bits per heavy atom. The second-order valence-electron chi connectivity index (χ2n) is 7.38. The highest BCUT2D eigenvalue weighted by Crippen LogP contribution is 2.21. The third kappa shape index (κ3) is 4.01. The number of fused-ring (bicyclic) bond motifs is 1. The van der Waals surface area contributed by atoms with Gasteiger partial charge < -0.3 is 14.2 Å². The van der Waals surface area contributed by atoms with E-state index in [0.29, 0.717) is 25.4 Å². The second-order valence-corrected chi connectivity index (χ2v) is 7.38. The fraction of sp³-hybridized carbons (Fsp3) is 0.364. The van der Waals surface area contributed by atoms with Gasteiger partial charge in [-0.2, -0.15) is 0 Å². The Labute approximate surface area is 163 Å². The summed E-state index contributed by atoms with van der Waals surface area (Å²) in [6.45, 7) is 3.95. The summed E-state index contributed by atoms with van der Waals surface area (Å²) >= 11 is 0. The van der Waals surface area contributed by atoms with Crippen LogP contribution in [-0.2, 0) is 11.3 Å². The van der Waals surface area contributed by atoms with Crippen LogP contribution in [0.4, 0.5) is 4.39 Å². The number of halogens is 1. The van der Waals surface area contributed by atoms with E-state index in [4.69, 9.17) is 4.74 Å². The SMILES string of the molecule is CC(Cn1cnc2ccccc21)C(=O)N1CCC(Oc2ccc(F)cc2)CC1. The Morgan fingerprint density at radius 3 is 2.64 bits per heavy atom. The molecule has 1 aliphatic heterocycles. The lowest BCUT2D eigenvalue weighted by Gasteiger charge is -2.33. The molecule has 1 saturated heterocycles. The van der Waals surface area contributed by atoms with Gasteiger partial charge in [-0.25, -0.2) is 9.37 Å². The van der Waals surface area contributed by atoms with Gasteiger partial charge >= 0.3 is 0 Å². The van der Waals surface area contributed by atoms with E-state index < -0.39 is 0 Å². The topological polar surface area (TPSA) is 47.4 Å². The zero-order valence-corrected chi connectivity index (χ0v) is 15.9. The van der Waals surface area contributed by atoms with E-state index in [0.717, 1.165) is 23.9 Å². The third-order valence-electron chi connectivity index (χ3n) is 5.29. The number of aromatic nitrogens is 2. The molecule has 1 amide bonds. The molecule has 0 N–H and O–H groups in total. The average Bonchev–Trinajstić information content (AvgIpc) is 3.13. The number of amides is 1. The number of benzene rings is 2. The number of para-hydroxylation sites is 2. The molecule has 0 aliphatic carbocycles. The normalized spacial score (nSPS) is 16.3. The van der Waals surface area contributed by atoms with Crippen molar-refractivity contribution in [2.75, 3.05) is 13.1 Å². The van der Waals surface area contributed by atoms with Gasteiger partial charge in [0.05, 0.1) is 23.3 Å². The molecule has 1 fully saturated rings. The molecule has 3 aromatic rings. The molecule has 5 nitrogen and oxygen atoms in total. The molecular weight excluding hydrogens is 357 g/mol. The fourth-order valence-corrected chi connectivity index (χ4v) is 3.74. The van der Waals surface area contributed by atoms with Crippen LogP contribution in [0, 0.1) is 11.7 Å². The van der Waals surface area contributed by atoms with Crippen LogP contribution in [0.15, 0.2) is 54.9 Å². The summed E-state index contributed by atoms with van der Waals surface area (Å²) in [5.74, 6) is 0.448. The summed E-state index contributed by atoms with van der Waals surface area (Å²) in [6.07, 6.45) is 3.42. The van der Waals surface area contributed by atoms with Gasteiger partial charge in [0.25, 0.3) is 0 Å². The van der Waals surface area contributed by atoms with Crippen molar-refractivity contribution in [3.05, 3.63) is 60.7 Å². The maximum absolute atomic E-state index is 13.0. The Balaban J connectivity index is 1.31. The molecule has 1 atom stereocenters. The molecule has 0 spiro atoms. The first-order valence-corrected chi connectivity index (χ1v) is 9.71. The number of rotatable bonds is 5. The number of imidazole rings is 1. The van der Waals surface area contributed by atoms with Crippen molar-refractivity contribution < 1.29 is 13.9 Å². The Hall–Kier alpha value is -2.89. The van der Waals surface area contributed by atoms with Crippen molar-refractivity contribution in [2.45, 2.75) is 32.4 Å². The van der Waals surface area contributed by atoms with Crippen LogP contribution in [0.25, 0.3) is 11.0 Å². The Morgan fingerprint density at radius 1 is 1.18 bits per heavy atom. The van der Waals surface area contributed by atoms with Crippen molar-refractivity contribution in [1.82, 2.24) is 14.5 Å². The average molecular weight is 381 g/mol. The standard InChI is InChI=1S/C22H24FN3O2/c1-16(14-26-15-24-20-4-2-3-5-21(20)26)22(27)25-12-10-19(11-13-25)28-18-8-6-17(23)7-9-18/h2-9,15-16,19H,10-14H2,1H3. The zero-order chi connectivity index (χ0) is 19.5. The van der Waals surface area contributed by atoms with Crippen LogP contribution in [0.3, 0.4) is 0 Å². The molecule has 1 aliphatic rings. The summed E-state index contributed by atoms with van der Waals surface area (Å²) in [6, 6.07) is 14.0. The number of likely N-dealkylation sites (tertiary alicyclic amines) is 1. The van der Waals surface area contributed by atoms with Crippen LogP contribution in [0.5, 0.6) is 5.75 Å². The number of ether oxygens (including phenoxy) is 1. The summed E-state index contributed by atoms with van der Waals surface area (Å²) in [4.78, 5) is 19.2. The monoisotopic (exact) mass is 381 g/mol. The Kier molecular flexibility index (Phi) is 5.28. The molecule has 6 heteroatoms. The van der Waals surface area contributed by atoms with E-state index in [2.05, 4.69) is 4.98 Å². The minimum absolute atomic E-state index is 0.0578. The second kappa shape index (κ2) is 8.00. The molecular formula is C22H24FN3O2.